The minimum atomic E-state index is -0.827. The molecule has 6 rings (SSSR count). The smallest absolute Gasteiger partial charge is 0.220 e. The molecule has 1 aliphatic heterocycles. The van der Waals surface area contributed by atoms with Crippen LogP contribution in [-0.4, -0.2) is 18.1 Å². The number of rotatable bonds is 1. The van der Waals surface area contributed by atoms with E-state index in [-0.39, 0.29) is 5.41 Å². The van der Waals surface area contributed by atoms with Crippen LogP contribution in [0.1, 0.15) is 40.7 Å². The monoisotopic (exact) mass is 434 g/mol. The van der Waals surface area contributed by atoms with Crippen LogP contribution in [0.2, 0.25) is 0 Å². The van der Waals surface area contributed by atoms with Gasteiger partial charge in [-0.3, -0.25) is 0 Å². The molecule has 0 aromatic heterocycles. The van der Waals surface area contributed by atoms with Crippen molar-refractivity contribution in [3.05, 3.63) is 94.5 Å². The Morgan fingerprint density at radius 2 is 1.67 bits per heavy atom. The van der Waals surface area contributed by atoms with Crippen molar-refractivity contribution in [2.45, 2.75) is 37.8 Å². The van der Waals surface area contributed by atoms with Gasteiger partial charge in [0.25, 0.3) is 0 Å². The lowest BCUT2D eigenvalue weighted by molar-refractivity contribution is -0.224. The second kappa shape index (κ2) is 7.19. The Bertz CT molecular complexity index is 1310. The van der Waals surface area contributed by atoms with Gasteiger partial charge in [0, 0.05) is 18.0 Å². The fourth-order valence-electron chi connectivity index (χ4n) is 6.02. The van der Waals surface area contributed by atoms with Gasteiger partial charge >= 0.3 is 0 Å². The molecule has 1 unspecified atom stereocenters. The highest BCUT2D eigenvalue weighted by molar-refractivity contribution is 5.79. The summed E-state index contributed by atoms with van der Waals surface area (Å²) >= 11 is 0. The van der Waals surface area contributed by atoms with E-state index in [1.165, 1.54) is 16.7 Å². The molecule has 2 N–H and O–H groups in total. The number of hydrogen-bond acceptors (Lipinski definition) is 5. The molecule has 0 saturated heterocycles. The molecule has 164 valence electrons. The number of aliphatic imine (C=N–C) groups is 1. The predicted octanol–water partition coefficient (Wildman–Crippen LogP) is 4.69. The average Bonchev–Trinajstić information content (AvgIpc) is 3.19. The van der Waals surface area contributed by atoms with E-state index in [9.17, 15) is 5.26 Å². The zero-order valence-corrected chi connectivity index (χ0v) is 18.7. The summed E-state index contributed by atoms with van der Waals surface area (Å²) < 4.78 is 0. The first kappa shape index (κ1) is 20.0. The second-order valence-corrected chi connectivity index (χ2v) is 9.49. The number of benzene rings is 3. The maximum atomic E-state index is 9.35. The van der Waals surface area contributed by atoms with Gasteiger partial charge in [-0.2, -0.15) is 5.26 Å². The molecule has 2 aliphatic carbocycles. The van der Waals surface area contributed by atoms with Crippen molar-refractivity contribution in [2.75, 3.05) is 7.05 Å². The lowest BCUT2D eigenvalue weighted by Crippen LogP contribution is -2.43. The SMILES string of the molecule is CN1OC2(N=C1N)c1cc(-c3cccc(C#N)c3)ccc1CC21CCc2ccccc2CC1. The number of aryl methyl sites for hydroxylation is 2. The first-order valence-electron chi connectivity index (χ1n) is 11.5. The lowest BCUT2D eigenvalue weighted by atomic mass is 9.71. The minimum absolute atomic E-state index is 0.170. The van der Waals surface area contributed by atoms with Crippen molar-refractivity contribution in [2.24, 2.45) is 16.1 Å². The molecule has 3 aromatic carbocycles. The van der Waals surface area contributed by atoms with Gasteiger partial charge in [-0.05, 0) is 78.1 Å². The van der Waals surface area contributed by atoms with Crippen molar-refractivity contribution in [1.82, 2.24) is 5.06 Å². The third-order valence-electron chi connectivity index (χ3n) is 7.78. The number of nitrogens with zero attached hydrogens (tertiary/aromatic N) is 3. The predicted molar refractivity (Wildman–Crippen MR) is 128 cm³/mol. The third kappa shape index (κ3) is 2.91. The molecule has 0 amide bonds. The van der Waals surface area contributed by atoms with Crippen LogP contribution >= 0.6 is 0 Å². The summed E-state index contributed by atoms with van der Waals surface area (Å²) in [7, 11) is 1.84. The summed E-state index contributed by atoms with van der Waals surface area (Å²) in [6.07, 6.45) is 4.90. The van der Waals surface area contributed by atoms with Crippen LogP contribution in [-0.2, 0) is 29.8 Å². The van der Waals surface area contributed by atoms with Crippen LogP contribution in [0.5, 0.6) is 0 Å². The van der Waals surface area contributed by atoms with E-state index in [1.54, 1.807) is 5.06 Å². The standard InChI is InChI=1S/C28H26N4O/c1-32-26(30)31-28(33-32)25-16-23(22-8-4-5-19(15-22)18-29)9-10-24(25)17-27(28)13-11-20-6-2-3-7-21(20)12-14-27/h2-10,15-16H,11-14,17H2,1H3,(H2,30,31). The van der Waals surface area contributed by atoms with Crippen molar-refractivity contribution < 1.29 is 4.84 Å². The van der Waals surface area contributed by atoms with Crippen molar-refractivity contribution in [1.29, 1.82) is 5.26 Å². The van der Waals surface area contributed by atoms with E-state index >= 15 is 0 Å². The number of nitrogens with two attached hydrogens (primary N) is 1. The van der Waals surface area contributed by atoms with Crippen LogP contribution < -0.4 is 5.73 Å². The van der Waals surface area contributed by atoms with Gasteiger partial charge in [-0.1, -0.05) is 48.5 Å². The Balaban J connectivity index is 1.48. The fourth-order valence-corrected chi connectivity index (χ4v) is 6.02. The van der Waals surface area contributed by atoms with Crippen molar-refractivity contribution in [3.8, 4) is 17.2 Å². The molecular formula is C28H26N4O. The quantitative estimate of drug-likeness (QED) is 0.603. The summed E-state index contributed by atoms with van der Waals surface area (Å²) in [5.74, 6) is 0.417. The van der Waals surface area contributed by atoms with Gasteiger partial charge in [0.1, 0.15) is 0 Å². The molecule has 1 atom stereocenters. The van der Waals surface area contributed by atoms with E-state index in [2.05, 4.69) is 48.5 Å². The highest BCUT2D eigenvalue weighted by Gasteiger charge is 2.62. The topological polar surface area (TPSA) is 74.6 Å². The Hall–Kier alpha value is -3.62. The van der Waals surface area contributed by atoms with Crippen LogP contribution in [0.3, 0.4) is 0 Å². The van der Waals surface area contributed by atoms with E-state index in [1.807, 2.05) is 31.3 Å². The molecule has 0 fully saturated rings. The Kier molecular flexibility index (Phi) is 4.36. The molecule has 3 aliphatic rings. The fraction of sp³-hybridized carbons (Fsp3) is 0.286. The first-order chi connectivity index (χ1) is 16.0. The zero-order valence-electron chi connectivity index (χ0n) is 18.7. The Morgan fingerprint density at radius 1 is 0.939 bits per heavy atom. The van der Waals surface area contributed by atoms with Gasteiger partial charge in [-0.25, -0.2) is 14.9 Å². The second-order valence-electron chi connectivity index (χ2n) is 9.49. The Morgan fingerprint density at radius 3 is 2.33 bits per heavy atom. The molecular weight excluding hydrogens is 408 g/mol. The van der Waals surface area contributed by atoms with Crippen LogP contribution in [0.25, 0.3) is 11.1 Å². The summed E-state index contributed by atoms with van der Waals surface area (Å²) in [4.78, 5) is 11.6. The number of hydrogen-bond donors (Lipinski definition) is 1. The lowest BCUT2D eigenvalue weighted by Gasteiger charge is -2.40. The molecule has 2 spiro atoms. The van der Waals surface area contributed by atoms with Gasteiger partial charge < -0.3 is 5.73 Å². The van der Waals surface area contributed by atoms with Crippen molar-refractivity contribution in [3.63, 3.8) is 0 Å². The number of guanidine groups is 1. The molecule has 1 heterocycles. The van der Waals surface area contributed by atoms with E-state index in [0.29, 0.717) is 11.5 Å². The summed E-state index contributed by atoms with van der Waals surface area (Å²) in [5, 5.41) is 11.0. The molecule has 33 heavy (non-hydrogen) atoms. The van der Waals surface area contributed by atoms with Gasteiger partial charge in [0.15, 0.2) is 0 Å². The molecule has 5 nitrogen and oxygen atoms in total. The van der Waals surface area contributed by atoms with E-state index < -0.39 is 5.72 Å². The van der Waals surface area contributed by atoms with Gasteiger partial charge in [-0.15, -0.1) is 0 Å². The maximum Gasteiger partial charge on any atom is 0.220 e. The summed E-state index contributed by atoms with van der Waals surface area (Å²) in [6, 6.07) is 25.3. The minimum Gasteiger partial charge on any atom is -0.368 e. The highest BCUT2D eigenvalue weighted by Crippen LogP contribution is 2.61. The maximum absolute atomic E-state index is 9.35. The first-order valence-corrected chi connectivity index (χ1v) is 11.5. The van der Waals surface area contributed by atoms with Crippen molar-refractivity contribution >= 4 is 5.96 Å². The number of nitriles is 1. The largest absolute Gasteiger partial charge is 0.368 e. The summed E-state index contributed by atoms with van der Waals surface area (Å²) in [5.41, 5.74) is 13.3. The normalized spacial score (nSPS) is 22.5. The van der Waals surface area contributed by atoms with Crippen LogP contribution in [0, 0.1) is 16.7 Å². The molecule has 0 saturated carbocycles. The van der Waals surface area contributed by atoms with Gasteiger partial charge in [0.2, 0.25) is 11.7 Å². The molecule has 0 bridgehead atoms. The number of hydroxylamine groups is 2. The van der Waals surface area contributed by atoms with Gasteiger partial charge in [0.05, 0.1) is 11.6 Å². The number of fused-ring (bicyclic) bond motifs is 4. The third-order valence-corrected chi connectivity index (χ3v) is 7.78. The molecule has 5 heteroatoms. The van der Waals surface area contributed by atoms with Crippen LogP contribution in [0.4, 0.5) is 0 Å². The molecule has 0 radical (unpaired) electrons. The summed E-state index contributed by atoms with van der Waals surface area (Å²) in [6.45, 7) is 0. The zero-order chi connectivity index (χ0) is 22.6. The highest BCUT2D eigenvalue weighted by atomic mass is 16.7. The molecule has 3 aromatic rings. The van der Waals surface area contributed by atoms with Crippen LogP contribution in [0.15, 0.2) is 71.7 Å². The van der Waals surface area contributed by atoms with E-state index in [4.69, 9.17) is 15.6 Å². The Labute approximate surface area is 194 Å². The van der Waals surface area contributed by atoms with E-state index in [0.717, 1.165) is 48.8 Å². The average molecular weight is 435 g/mol.